The van der Waals surface area contributed by atoms with Crippen LogP contribution in [-0.2, 0) is 9.59 Å². The highest BCUT2D eigenvalue weighted by molar-refractivity contribution is 5.82. The molecule has 0 spiro atoms. The number of ether oxygens (including phenoxy) is 1. The van der Waals surface area contributed by atoms with Crippen LogP contribution in [0, 0.1) is 5.82 Å². The van der Waals surface area contributed by atoms with E-state index in [1.807, 2.05) is 18.9 Å². The van der Waals surface area contributed by atoms with Crippen LogP contribution in [0.15, 0.2) is 24.3 Å². The summed E-state index contributed by atoms with van der Waals surface area (Å²) in [7, 11) is 1.85. The van der Waals surface area contributed by atoms with Gasteiger partial charge in [0.2, 0.25) is 11.8 Å². The molecule has 1 aromatic rings. The third kappa shape index (κ3) is 5.16. The monoisotopic (exact) mass is 351 g/mol. The van der Waals surface area contributed by atoms with Gasteiger partial charge in [-0.3, -0.25) is 14.5 Å². The maximum Gasteiger partial charge on any atom is 0.239 e. The van der Waals surface area contributed by atoms with Gasteiger partial charge in [0.1, 0.15) is 6.61 Å². The minimum atomic E-state index is -0.391. The second-order valence-electron chi connectivity index (χ2n) is 6.27. The van der Waals surface area contributed by atoms with Gasteiger partial charge in [-0.1, -0.05) is 12.1 Å². The van der Waals surface area contributed by atoms with Crippen molar-refractivity contribution in [1.29, 1.82) is 0 Å². The Hall–Kier alpha value is -2.15. The van der Waals surface area contributed by atoms with Crippen molar-refractivity contribution < 1.29 is 18.7 Å². The molecule has 2 rings (SSSR count). The quantitative estimate of drug-likeness (QED) is 0.773. The summed E-state index contributed by atoms with van der Waals surface area (Å²) < 4.78 is 18.9. The van der Waals surface area contributed by atoms with Crippen LogP contribution in [0.5, 0.6) is 5.75 Å². The highest BCUT2D eigenvalue weighted by atomic mass is 19.1. The SMILES string of the molecule is CC(=O)N1CCN(C(=O)C(C)N(C)CCOc2ccccc2F)CC1. The molecule has 1 aliphatic heterocycles. The van der Waals surface area contributed by atoms with Crippen LogP contribution in [0.2, 0.25) is 0 Å². The Morgan fingerprint density at radius 3 is 2.40 bits per heavy atom. The number of rotatable bonds is 6. The average molecular weight is 351 g/mol. The molecule has 6 nitrogen and oxygen atoms in total. The van der Waals surface area contributed by atoms with Crippen molar-refractivity contribution in [3.63, 3.8) is 0 Å². The molecule has 1 heterocycles. The Bertz CT molecular complexity index is 603. The molecular formula is C18H26FN3O3. The zero-order chi connectivity index (χ0) is 18.4. The predicted molar refractivity (Wildman–Crippen MR) is 92.8 cm³/mol. The molecule has 138 valence electrons. The van der Waals surface area contributed by atoms with Crippen molar-refractivity contribution >= 4 is 11.8 Å². The second-order valence-corrected chi connectivity index (χ2v) is 6.27. The van der Waals surface area contributed by atoms with E-state index >= 15 is 0 Å². The summed E-state index contributed by atoms with van der Waals surface area (Å²) in [5, 5.41) is 0. The Morgan fingerprint density at radius 1 is 1.20 bits per heavy atom. The first kappa shape index (κ1) is 19.2. The summed E-state index contributed by atoms with van der Waals surface area (Å²) in [5.74, 6) is -0.0907. The number of amides is 2. The van der Waals surface area contributed by atoms with E-state index in [2.05, 4.69) is 0 Å². The summed E-state index contributed by atoms with van der Waals surface area (Å²) in [6.45, 7) is 6.47. The molecule has 1 atom stereocenters. The van der Waals surface area contributed by atoms with Crippen molar-refractivity contribution in [3.8, 4) is 5.75 Å². The molecule has 2 amide bonds. The van der Waals surface area contributed by atoms with E-state index in [0.29, 0.717) is 39.3 Å². The number of benzene rings is 1. The lowest BCUT2D eigenvalue weighted by Crippen LogP contribution is -2.54. The van der Waals surface area contributed by atoms with E-state index in [9.17, 15) is 14.0 Å². The fourth-order valence-corrected chi connectivity index (χ4v) is 2.75. The van der Waals surface area contributed by atoms with Gasteiger partial charge in [0.15, 0.2) is 11.6 Å². The molecule has 0 radical (unpaired) electrons. The van der Waals surface area contributed by atoms with E-state index in [1.165, 1.54) is 6.07 Å². The van der Waals surface area contributed by atoms with Gasteiger partial charge in [-0.2, -0.15) is 0 Å². The molecule has 1 aliphatic rings. The first-order valence-electron chi connectivity index (χ1n) is 8.52. The van der Waals surface area contributed by atoms with E-state index in [0.717, 1.165) is 0 Å². The highest BCUT2D eigenvalue weighted by Gasteiger charge is 2.27. The van der Waals surface area contributed by atoms with Crippen LogP contribution in [0.3, 0.4) is 0 Å². The Morgan fingerprint density at radius 2 is 1.80 bits per heavy atom. The standard InChI is InChI=1S/C18H26FN3O3/c1-14(18(24)22-10-8-21(9-11-22)15(2)23)20(3)12-13-25-17-7-5-4-6-16(17)19/h4-7,14H,8-13H2,1-3H3. The summed E-state index contributed by atoms with van der Waals surface area (Å²) in [5.41, 5.74) is 0. The number of halogens is 1. The first-order valence-corrected chi connectivity index (χ1v) is 8.52. The Kier molecular flexibility index (Phi) is 6.75. The Balaban J connectivity index is 1.77. The summed E-state index contributed by atoms with van der Waals surface area (Å²) in [6.07, 6.45) is 0. The summed E-state index contributed by atoms with van der Waals surface area (Å²) in [6, 6.07) is 5.97. The number of likely N-dealkylation sites (N-methyl/N-ethyl adjacent to an activating group) is 1. The lowest BCUT2D eigenvalue weighted by atomic mass is 10.2. The maximum absolute atomic E-state index is 13.5. The Labute approximate surface area is 148 Å². The minimum absolute atomic E-state index is 0.0385. The molecule has 0 N–H and O–H groups in total. The van der Waals surface area contributed by atoms with Crippen LogP contribution in [0.4, 0.5) is 4.39 Å². The van der Waals surface area contributed by atoms with E-state index < -0.39 is 5.82 Å². The summed E-state index contributed by atoms with van der Waals surface area (Å²) >= 11 is 0. The minimum Gasteiger partial charge on any atom is -0.489 e. The molecule has 1 fully saturated rings. The molecule has 0 saturated carbocycles. The number of piperazine rings is 1. The van der Waals surface area contributed by atoms with Crippen molar-refractivity contribution in [2.75, 3.05) is 46.4 Å². The van der Waals surface area contributed by atoms with Gasteiger partial charge in [-0.15, -0.1) is 0 Å². The van der Waals surface area contributed by atoms with Gasteiger partial charge in [-0.25, -0.2) is 4.39 Å². The van der Waals surface area contributed by atoms with Crippen molar-refractivity contribution in [2.45, 2.75) is 19.9 Å². The van der Waals surface area contributed by atoms with Gasteiger partial charge in [-0.05, 0) is 26.1 Å². The zero-order valence-electron chi connectivity index (χ0n) is 15.1. The molecule has 1 unspecified atom stereocenters. The third-order valence-corrected chi connectivity index (χ3v) is 4.59. The van der Waals surface area contributed by atoms with Crippen molar-refractivity contribution in [3.05, 3.63) is 30.1 Å². The molecule has 0 bridgehead atoms. The molecule has 0 aromatic heterocycles. The number of carbonyl (C=O) groups is 2. The molecule has 7 heteroatoms. The van der Waals surface area contributed by atoms with Crippen LogP contribution in [0.25, 0.3) is 0 Å². The number of nitrogens with zero attached hydrogens (tertiary/aromatic N) is 3. The van der Waals surface area contributed by atoms with Gasteiger partial charge in [0.05, 0.1) is 6.04 Å². The zero-order valence-corrected chi connectivity index (χ0v) is 15.1. The number of hydrogen-bond acceptors (Lipinski definition) is 4. The largest absolute Gasteiger partial charge is 0.489 e. The van der Waals surface area contributed by atoms with Crippen LogP contribution in [-0.4, -0.2) is 78.9 Å². The van der Waals surface area contributed by atoms with Crippen LogP contribution < -0.4 is 4.74 Å². The van der Waals surface area contributed by atoms with Gasteiger partial charge >= 0.3 is 0 Å². The lowest BCUT2D eigenvalue weighted by molar-refractivity contribution is -0.141. The molecule has 25 heavy (non-hydrogen) atoms. The van der Waals surface area contributed by atoms with Gasteiger partial charge in [0.25, 0.3) is 0 Å². The van der Waals surface area contributed by atoms with Gasteiger partial charge < -0.3 is 14.5 Å². The molecular weight excluding hydrogens is 325 g/mol. The fraction of sp³-hybridized carbons (Fsp3) is 0.556. The van der Waals surface area contributed by atoms with E-state index in [4.69, 9.17) is 4.74 Å². The second kappa shape index (κ2) is 8.80. The number of para-hydroxylation sites is 1. The van der Waals surface area contributed by atoms with Crippen molar-refractivity contribution in [2.24, 2.45) is 0 Å². The fourth-order valence-electron chi connectivity index (χ4n) is 2.75. The van der Waals surface area contributed by atoms with Crippen LogP contribution >= 0.6 is 0 Å². The average Bonchev–Trinajstić information content (AvgIpc) is 2.62. The normalized spacial score (nSPS) is 16.0. The highest BCUT2D eigenvalue weighted by Crippen LogP contribution is 2.15. The van der Waals surface area contributed by atoms with Crippen molar-refractivity contribution in [1.82, 2.24) is 14.7 Å². The predicted octanol–water partition coefficient (Wildman–Crippen LogP) is 1.22. The van der Waals surface area contributed by atoms with E-state index in [-0.39, 0.29) is 23.6 Å². The number of carbonyl (C=O) groups excluding carboxylic acids is 2. The topological polar surface area (TPSA) is 53.1 Å². The maximum atomic E-state index is 13.5. The third-order valence-electron chi connectivity index (χ3n) is 4.59. The lowest BCUT2D eigenvalue weighted by Gasteiger charge is -2.37. The number of hydrogen-bond donors (Lipinski definition) is 0. The molecule has 1 aromatic carbocycles. The molecule has 0 aliphatic carbocycles. The smallest absolute Gasteiger partial charge is 0.239 e. The van der Waals surface area contributed by atoms with Crippen LogP contribution in [0.1, 0.15) is 13.8 Å². The van der Waals surface area contributed by atoms with Gasteiger partial charge in [0, 0.05) is 39.6 Å². The molecule has 1 saturated heterocycles. The van der Waals surface area contributed by atoms with E-state index in [1.54, 1.807) is 34.9 Å². The summed E-state index contributed by atoms with van der Waals surface area (Å²) in [4.78, 5) is 29.4. The first-order chi connectivity index (χ1) is 11.9.